The molecule has 21 heavy (non-hydrogen) atoms. The predicted molar refractivity (Wildman–Crippen MR) is 86.8 cm³/mol. The smallest absolute Gasteiger partial charge is 0.240 e. The maximum atomic E-state index is 12.5. The van der Waals surface area contributed by atoms with Gasteiger partial charge in [-0.1, -0.05) is 32.1 Å². The summed E-state index contributed by atoms with van der Waals surface area (Å²) in [6, 6.07) is 3.32. The number of nitrogen functional groups attached to an aromatic ring is 1. The van der Waals surface area contributed by atoms with Gasteiger partial charge in [0, 0.05) is 11.7 Å². The monoisotopic (exact) mass is 310 g/mol. The fourth-order valence-electron chi connectivity index (χ4n) is 2.87. The summed E-state index contributed by atoms with van der Waals surface area (Å²) in [5, 5.41) is 0. The molecule has 1 aromatic rings. The first-order valence-corrected chi connectivity index (χ1v) is 9.27. The number of anilines is 1. The van der Waals surface area contributed by atoms with Gasteiger partial charge in [0.1, 0.15) is 0 Å². The van der Waals surface area contributed by atoms with Gasteiger partial charge < -0.3 is 5.73 Å². The molecule has 118 valence electrons. The third kappa shape index (κ3) is 4.20. The zero-order chi connectivity index (χ0) is 15.5. The summed E-state index contributed by atoms with van der Waals surface area (Å²) in [4.78, 5) is 0.283. The Balaban J connectivity index is 2.17. The van der Waals surface area contributed by atoms with E-state index in [0.29, 0.717) is 5.69 Å². The number of rotatable bonds is 3. The molecule has 0 radical (unpaired) electrons. The lowest BCUT2D eigenvalue weighted by Gasteiger charge is -2.21. The number of nitrogens with one attached hydrogen (secondary N) is 1. The minimum Gasteiger partial charge on any atom is -0.398 e. The SMILES string of the molecule is Cc1cc(S(=O)(=O)NC2CCCCCCC2)cc(N)c1C. The van der Waals surface area contributed by atoms with Gasteiger partial charge in [-0.3, -0.25) is 0 Å². The molecule has 0 heterocycles. The van der Waals surface area contributed by atoms with Gasteiger partial charge >= 0.3 is 0 Å². The van der Waals surface area contributed by atoms with Crippen molar-refractivity contribution in [2.45, 2.75) is 69.7 Å². The molecule has 0 aliphatic heterocycles. The van der Waals surface area contributed by atoms with E-state index in [1.54, 1.807) is 12.1 Å². The highest BCUT2D eigenvalue weighted by atomic mass is 32.2. The first kappa shape index (κ1) is 16.3. The van der Waals surface area contributed by atoms with Crippen molar-refractivity contribution in [3.8, 4) is 0 Å². The van der Waals surface area contributed by atoms with Gasteiger partial charge in [-0.05, 0) is 49.9 Å². The predicted octanol–water partition coefficient (Wildman–Crippen LogP) is 3.28. The van der Waals surface area contributed by atoms with Crippen molar-refractivity contribution >= 4 is 15.7 Å². The van der Waals surface area contributed by atoms with Crippen LogP contribution in [0.4, 0.5) is 5.69 Å². The molecule has 0 amide bonds. The van der Waals surface area contributed by atoms with Crippen LogP contribution in [0.3, 0.4) is 0 Å². The van der Waals surface area contributed by atoms with E-state index in [4.69, 9.17) is 5.73 Å². The highest BCUT2D eigenvalue weighted by Gasteiger charge is 2.21. The summed E-state index contributed by atoms with van der Waals surface area (Å²) in [6.45, 7) is 3.80. The van der Waals surface area contributed by atoms with Gasteiger partial charge in [-0.15, -0.1) is 0 Å². The number of aryl methyl sites for hydroxylation is 1. The standard InChI is InChI=1S/C16H26N2O2S/c1-12-10-15(11-16(17)13(12)2)21(19,20)18-14-8-6-4-3-5-7-9-14/h10-11,14,18H,3-9,17H2,1-2H3. The van der Waals surface area contributed by atoms with E-state index in [-0.39, 0.29) is 10.9 Å². The molecule has 0 unspecified atom stereocenters. The van der Waals surface area contributed by atoms with Crippen LogP contribution in [0.1, 0.15) is 56.1 Å². The van der Waals surface area contributed by atoms with Crippen molar-refractivity contribution in [1.29, 1.82) is 0 Å². The van der Waals surface area contributed by atoms with Crippen LogP contribution in [0.15, 0.2) is 17.0 Å². The molecule has 5 heteroatoms. The molecule has 1 saturated carbocycles. The van der Waals surface area contributed by atoms with Crippen LogP contribution in [-0.2, 0) is 10.0 Å². The van der Waals surface area contributed by atoms with E-state index in [1.165, 1.54) is 19.3 Å². The Morgan fingerprint density at radius 1 is 1.05 bits per heavy atom. The maximum Gasteiger partial charge on any atom is 0.240 e. The molecule has 0 aromatic heterocycles. The Kier molecular flexibility index (Phi) is 5.27. The summed E-state index contributed by atoms with van der Waals surface area (Å²) >= 11 is 0. The quantitative estimate of drug-likeness (QED) is 0.842. The number of hydrogen-bond donors (Lipinski definition) is 2. The second-order valence-electron chi connectivity index (χ2n) is 6.12. The van der Waals surface area contributed by atoms with Crippen LogP contribution in [0, 0.1) is 13.8 Å². The molecule has 2 rings (SSSR count). The fraction of sp³-hybridized carbons (Fsp3) is 0.625. The third-order valence-corrected chi connectivity index (χ3v) is 5.92. The van der Waals surface area contributed by atoms with E-state index in [2.05, 4.69) is 4.72 Å². The molecule has 1 aliphatic rings. The summed E-state index contributed by atoms with van der Waals surface area (Å²) in [5.74, 6) is 0. The van der Waals surface area contributed by atoms with Crippen molar-refractivity contribution in [3.05, 3.63) is 23.3 Å². The molecular formula is C16H26N2O2S. The van der Waals surface area contributed by atoms with Crippen LogP contribution in [-0.4, -0.2) is 14.5 Å². The van der Waals surface area contributed by atoms with Gasteiger partial charge in [-0.2, -0.15) is 0 Å². The van der Waals surface area contributed by atoms with E-state index < -0.39 is 10.0 Å². The number of benzene rings is 1. The van der Waals surface area contributed by atoms with Crippen molar-refractivity contribution in [2.75, 3.05) is 5.73 Å². The largest absolute Gasteiger partial charge is 0.398 e. The van der Waals surface area contributed by atoms with Crippen LogP contribution in [0.2, 0.25) is 0 Å². The van der Waals surface area contributed by atoms with E-state index >= 15 is 0 Å². The van der Waals surface area contributed by atoms with Crippen molar-refractivity contribution < 1.29 is 8.42 Å². The fourth-order valence-corrected chi connectivity index (χ4v) is 4.29. The third-order valence-electron chi connectivity index (χ3n) is 4.42. The second kappa shape index (κ2) is 6.79. The second-order valence-corrected chi connectivity index (χ2v) is 7.83. The Hall–Kier alpha value is -1.07. The lowest BCUT2D eigenvalue weighted by molar-refractivity contribution is 0.426. The summed E-state index contributed by atoms with van der Waals surface area (Å²) in [6.07, 6.45) is 7.74. The molecule has 4 nitrogen and oxygen atoms in total. The molecule has 0 atom stereocenters. The highest BCUT2D eigenvalue weighted by Crippen LogP contribution is 2.23. The average molecular weight is 310 g/mol. The molecule has 3 N–H and O–H groups in total. The topological polar surface area (TPSA) is 72.2 Å². The van der Waals surface area contributed by atoms with Gasteiger partial charge in [-0.25, -0.2) is 13.1 Å². The number of sulfonamides is 1. The summed E-state index contributed by atoms with van der Waals surface area (Å²) < 4.78 is 28.0. The lowest BCUT2D eigenvalue weighted by atomic mass is 9.97. The highest BCUT2D eigenvalue weighted by molar-refractivity contribution is 7.89. The molecule has 0 bridgehead atoms. The van der Waals surface area contributed by atoms with Gasteiger partial charge in [0.2, 0.25) is 10.0 Å². The molecule has 1 aromatic carbocycles. The van der Waals surface area contributed by atoms with Gasteiger partial charge in [0.15, 0.2) is 0 Å². The molecule has 0 saturated heterocycles. The summed E-state index contributed by atoms with van der Waals surface area (Å²) in [7, 11) is -3.48. The zero-order valence-electron chi connectivity index (χ0n) is 13.0. The van der Waals surface area contributed by atoms with Crippen LogP contribution in [0.25, 0.3) is 0 Å². The van der Waals surface area contributed by atoms with E-state index in [0.717, 1.165) is 36.8 Å². The van der Waals surface area contributed by atoms with E-state index in [1.807, 2.05) is 13.8 Å². The van der Waals surface area contributed by atoms with Gasteiger partial charge in [0.05, 0.1) is 4.90 Å². The van der Waals surface area contributed by atoms with Crippen LogP contribution < -0.4 is 10.5 Å². The number of hydrogen-bond acceptors (Lipinski definition) is 3. The van der Waals surface area contributed by atoms with Crippen LogP contribution in [0.5, 0.6) is 0 Å². The van der Waals surface area contributed by atoms with Crippen molar-refractivity contribution in [3.63, 3.8) is 0 Å². The molecule has 1 aliphatic carbocycles. The Morgan fingerprint density at radius 2 is 1.62 bits per heavy atom. The first-order valence-electron chi connectivity index (χ1n) is 7.79. The van der Waals surface area contributed by atoms with Gasteiger partial charge in [0.25, 0.3) is 0 Å². The zero-order valence-corrected chi connectivity index (χ0v) is 13.8. The van der Waals surface area contributed by atoms with Crippen molar-refractivity contribution in [2.24, 2.45) is 0 Å². The number of nitrogens with two attached hydrogens (primary N) is 1. The minimum absolute atomic E-state index is 0.0538. The Labute approximate surface area is 128 Å². The lowest BCUT2D eigenvalue weighted by Crippen LogP contribution is -2.35. The van der Waals surface area contributed by atoms with Crippen molar-refractivity contribution in [1.82, 2.24) is 4.72 Å². The molecule has 0 spiro atoms. The molecular weight excluding hydrogens is 284 g/mol. The first-order chi connectivity index (χ1) is 9.90. The average Bonchev–Trinajstić information content (AvgIpc) is 2.38. The minimum atomic E-state index is -3.48. The summed E-state index contributed by atoms with van der Waals surface area (Å²) in [5.41, 5.74) is 8.29. The van der Waals surface area contributed by atoms with Crippen LogP contribution >= 0.6 is 0 Å². The normalized spacial score (nSPS) is 18.2. The molecule has 1 fully saturated rings. The maximum absolute atomic E-state index is 12.5. The van der Waals surface area contributed by atoms with E-state index in [9.17, 15) is 8.42 Å². The Morgan fingerprint density at radius 3 is 2.19 bits per heavy atom. The Bertz CT molecular complexity index is 565.